The lowest BCUT2D eigenvalue weighted by Gasteiger charge is -2.09. The molecule has 1 rings (SSSR count). The molecule has 0 heterocycles. The zero-order valence-electron chi connectivity index (χ0n) is 14.8. The fourth-order valence-electron chi connectivity index (χ4n) is 2.55. The van der Waals surface area contributed by atoms with Crippen molar-refractivity contribution >= 4 is 11.9 Å². The standard InChI is InChI=1S/C19H28O6/c1-2-3-4-5-6-7-8-9-10-11-17(21)25-16-13-14(19(23)24)12-15(20)18(16)22/h12-13,20,22H,2-11H2,1H3,(H,23,24). The van der Waals surface area contributed by atoms with Crippen molar-refractivity contribution in [2.45, 2.75) is 71.1 Å². The Kier molecular flexibility index (Phi) is 9.43. The summed E-state index contributed by atoms with van der Waals surface area (Å²) in [6.45, 7) is 2.19. The van der Waals surface area contributed by atoms with E-state index < -0.39 is 23.4 Å². The van der Waals surface area contributed by atoms with Gasteiger partial charge in [-0.25, -0.2) is 4.79 Å². The van der Waals surface area contributed by atoms with Gasteiger partial charge in [0, 0.05) is 6.42 Å². The van der Waals surface area contributed by atoms with Gasteiger partial charge in [0.1, 0.15) is 0 Å². The van der Waals surface area contributed by atoms with Gasteiger partial charge < -0.3 is 20.1 Å². The van der Waals surface area contributed by atoms with E-state index >= 15 is 0 Å². The highest BCUT2D eigenvalue weighted by Gasteiger charge is 2.16. The average Bonchev–Trinajstić information content (AvgIpc) is 2.57. The molecule has 1 aromatic carbocycles. The monoisotopic (exact) mass is 352 g/mol. The van der Waals surface area contributed by atoms with Gasteiger partial charge in [-0.3, -0.25) is 4.79 Å². The van der Waals surface area contributed by atoms with E-state index in [1.807, 2.05) is 0 Å². The van der Waals surface area contributed by atoms with Gasteiger partial charge in [0.15, 0.2) is 11.5 Å². The fraction of sp³-hybridized carbons (Fsp3) is 0.579. The van der Waals surface area contributed by atoms with E-state index in [9.17, 15) is 19.8 Å². The summed E-state index contributed by atoms with van der Waals surface area (Å²) >= 11 is 0. The van der Waals surface area contributed by atoms with Gasteiger partial charge in [0.2, 0.25) is 5.75 Å². The number of carbonyl (C=O) groups is 2. The Balaban J connectivity index is 2.30. The summed E-state index contributed by atoms with van der Waals surface area (Å²) in [7, 11) is 0. The van der Waals surface area contributed by atoms with Crippen LogP contribution in [0.1, 0.15) is 81.5 Å². The number of carbonyl (C=O) groups excluding carboxylic acids is 1. The summed E-state index contributed by atoms with van der Waals surface area (Å²) < 4.78 is 4.98. The zero-order chi connectivity index (χ0) is 18.7. The molecule has 1 aromatic rings. The van der Waals surface area contributed by atoms with Crippen LogP contribution >= 0.6 is 0 Å². The van der Waals surface area contributed by atoms with Gasteiger partial charge in [-0.2, -0.15) is 0 Å². The van der Waals surface area contributed by atoms with E-state index in [4.69, 9.17) is 9.84 Å². The van der Waals surface area contributed by atoms with Crippen molar-refractivity contribution in [1.82, 2.24) is 0 Å². The molecule has 0 radical (unpaired) electrons. The van der Waals surface area contributed by atoms with E-state index in [0.29, 0.717) is 6.42 Å². The number of benzene rings is 1. The maximum Gasteiger partial charge on any atom is 0.335 e. The largest absolute Gasteiger partial charge is 0.504 e. The second-order valence-electron chi connectivity index (χ2n) is 6.20. The van der Waals surface area contributed by atoms with Crippen LogP contribution in [-0.2, 0) is 4.79 Å². The molecule has 0 aliphatic heterocycles. The number of carboxylic acid groups (broad SMARTS) is 1. The third kappa shape index (κ3) is 7.92. The Hall–Kier alpha value is -2.24. The Morgan fingerprint density at radius 3 is 2.04 bits per heavy atom. The van der Waals surface area contributed by atoms with Crippen molar-refractivity contribution in [1.29, 1.82) is 0 Å². The fourth-order valence-corrected chi connectivity index (χ4v) is 2.55. The highest BCUT2D eigenvalue weighted by Crippen LogP contribution is 2.36. The molecule has 3 N–H and O–H groups in total. The number of aromatic carboxylic acids is 1. The van der Waals surface area contributed by atoms with Crippen LogP contribution < -0.4 is 4.74 Å². The summed E-state index contributed by atoms with van der Waals surface area (Å²) in [6.07, 6.45) is 10.3. The molecule has 0 amide bonds. The second-order valence-corrected chi connectivity index (χ2v) is 6.20. The van der Waals surface area contributed by atoms with Crippen LogP contribution in [0.5, 0.6) is 17.2 Å². The maximum absolute atomic E-state index is 11.8. The third-order valence-electron chi connectivity index (χ3n) is 4.01. The molecule has 0 aliphatic carbocycles. The summed E-state index contributed by atoms with van der Waals surface area (Å²) in [5, 5.41) is 28.1. The van der Waals surface area contributed by atoms with Crippen LogP contribution in [0.4, 0.5) is 0 Å². The van der Waals surface area contributed by atoms with Crippen LogP contribution in [0.15, 0.2) is 12.1 Å². The summed E-state index contributed by atoms with van der Waals surface area (Å²) in [5.74, 6) is -3.44. The molecule has 0 saturated heterocycles. The van der Waals surface area contributed by atoms with Gasteiger partial charge in [-0.05, 0) is 18.6 Å². The van der Waals surface area contributed by atoms with Crippen molar-refractivity contribution in [3.8, 4) is 17.2 Å². The number of unbranched alkanes of at least 4 members (excludes halogenated alkanes) is 8. The minimum Gasteiger partial charge on any atom is -0.504 e. The SMILES string of the molecule is CCCCCCCCCCCC(=O)Oc1cc(C(=O)O)cc(O)c1O. The molecule has 0 unspecified atom stereocenters. The molecule has 0 aromatic heterocycles. The Morgan fingerprint density at radius 2 is 1.48 bits per heavy atom. The molecule has 0 atom stereocenters. The van der Waals surface area contributed by atoms with Crippen LogP contribution in [0.2, 0.25) is 0 Å². The topological polar surface area (TPSA) is 104 Å². The molecule has 0 bridgehead atoms. The van der Waals surface area contributed by atoms with Crippen molar-refractivity contribution in [3.05, 3.63) is 17.7 Å². The molecule has 140 valence electrons. The number of hydrogen-bond acceptors (Lipinski definition) is 5. The van der Waals surface area contributed by atoms with Gasteiger partial charge in [0.25, 0.3) is 0 Å². The van der Waals surface area contributed by atoms with E-state index in [1.165, 1.54) is 32.1 Å². The molecule has 25 heavy (non-hydrogen) atoms. The van der Waals surface area contributed by atoms with Crippen molar-refractivity contribution < 1.29 is 29.6 Å². The number of phenolic OH excluding ortho intramolecular Hbond substituents is 2. The first kappa shape index (κ1) is 20.8. The minimum atomic E-state index is -1.29. The van der Waals surface area contributed by atoms with Gasteiger partial charge in [-0.1, -0.05) is 58.3 Å². The van der Waals surface area contributed by atoms with Crippen molar-refractivity contribution in [3.63, 3.8) is 0 Å². The molecular formula is C19H28O6. The lowest BCUT2D eigenvalue weighted by atomic mass is 10.1. The van der Waals surface area contributed by atoms with E-state index in [-0.39, 0.29) is 17.7 Å². The number of esters is 1. The summed E-state index contributed by atoms with van der Waals surface area (Å²) in [5.41, 5.74) is -0.263. The first-order valence-electron chi connectivity index (χ1n) is 8.95. The number of hydrogen-bond donors (Lipinski definition) is 3. The molecule has 0 saturated carbocycles. The zero-order valence-corrected chi connectivity index (χ0v) is 14.8. The first-order valence-corrected chi connectivity index (χ1v) is 8.95. The third-order valence-corrected chi connectivity index (χ3v) is 4.01. The van der Waals surface area contributed by atoms with Gasteiger partial charge in [-0.15, -0.1) is 0 Å². The quantitative estimate of drug-likeness (QED) is 0.219. The smallest absolute Gasteiger partial charge is 0.335 e. The minimum absolute atomic E-state index is 0.188. The molecule has 0 fully saturated rings. The lowest BCUT2D eigenvalue weighted by Crippen LogP contribution is -2.08. The molecular weight excluding hydrogens is 324 g/mol. The van der Waals surface area contributed by atoms with Crippen LogP contribution in [0, 0.1) is 0 Å². The molecule has 0 spiro atoms. The number of carboxylic acids is 1. The van der Waals surface area contributed by atoms with E-state index in [0.717, 1.165) is 31.4 Å². The highest BCUT2D eigenvalue weighted by molar-refractivity contribution is 5.89. The summed E-state index contributed by atoms with van der Waals surface area (Å²) in [6, 6.07) is 1.92. The van der Waals surface area contributed by atoms with Crippen LogP contribution in [0.25, 0.3) is 0 Å². The second kappa shape index (κ2) is 11.3. The molecule has 6 nitrogen and oxygen atoms in total. The summed E-state index contributed by atoms with van der Waals surface area (Å²) in [4.78, 5) is 22.7. The Morgan fingerprint density at radius 1 is 0.920 bits per heavy atom. The van der Waals surface area contributed by atoms with Gasteiger partial charge >= 0.3 is 11.9 Å². The van der Waals surface area contributed by atoms with E-state index in [2.05, 4.69) is 6.92 Å². The predicted octanol–water partition coefficient (Wildman–Crippen LogP) is 4.62. The highest BCUT2D eigenvalue weighted by atomic mass is 16.5. The van der Waals surface area contributed by atoms with Crippen molar-refractivity contribution in [2.24, 2.45) is 0 Å². The number of ether oxygens (including phenoxy) is 1. The number of rotatable bonds is 12. The Bertz CT molecular complexity index is 567. The van der Waals surface area contributed by atoms with Crippen LogP contribution in [-0.4, -0.2) is 27.3 Å². The Labute approximate surface area is 148 Å². The van der Waals surface area contributed by atoms with E-state index in [1.54, 1.807) is 0 Å². The van der Waals surface area contributed by atoms with Gasteiger partial charge in [0.05, 0.1) is 5.56 Å². The van der Waals surface area contributed by atoms with Crippen molar-refractivity contribution in [2.75, 3.05) is 0 Å². The normalized spacial score (nSPS) is 10.6. The average molecular weight is 352 g/mol. The maximum atomic E-state index is 11.8. The predicted molar refractivity (Wildman–Crippen MR) is 94.2 cm³/mol. The lowest BCUT2D eigenvalue weighted by molar-refractivity contribution is -0.134. The van der Waals surface area contributed by atoms with Crippen LogP contribution in [0.3, 0.4) is 0 Å². The number of phenols is 2. The molecule has 6 heteroatoms. The first-order chi connectivity index (χ1) is 12.0. The number of aromatic hydroxyl groups is 2. The molecule has 0 aliphatic rings.